The molecule has 1 saturated heterocycles. The van der Waals surface area contributed by atoms with E-state index < -0.39 is 25.9 Å². The van der Waals surface area contributed by atoms with Crippen LogP contribution in [0.25, 0.3) is 0 Å². The van der Waals surface area contributed by atoms with Gasteiger partial charge in [0.15, 0.2) is 0 Å². The van der Waals surface area contributed by atoms with E-state index in [0.29, 0.717) is 13.2 Å². The first-order valence-electron chi connectivity index (χ1n) is 5.74. The summed E-state index contributed by atoms with van der Waals surface area (Å²) in [4.78, 5) is 9.28. The summed E-state index contributed by atoms with van der Waals surface area (Å²) in [5.41, 5.74) is 0. The summed E-state index contributed by atoms with van der Waals surface area (Å²) in [5, 5.41) is 9.18. The third-order valence-corrected chi connectivity index (χ3v) is 3.27. The van der Waals surface area contributed by atoms with Gasteiger partial charge in [0.2, 0.25) is 0 Å². The van der Waals surface area contributed by atoms with Crippen molar-refractivity contribution < 1.29 is 33.3 Å². The van der Waals surface area contributed by atoms with E-state index in [4.69, 9.17) is 18.7 Å². The van der Waals surface area contributed by atoms with E-state index in [1.165, 1.54) is 0 Å². The second kappa shape index (κ2) is 7.00. The van der Waals surface area contributed by atoms with Crippen LogP contribution >= 0.6 is 7.60 Å². The topological polar surface area (TPSA) is 94.5 Å². The molecule has 0 aromatic carbocycles. The molecule has 18 heavy (non-hydrogen) atoms. The number of aliphatic hydroxyl groups excluding tert-OH is 1. The second-order valence-corrected chi connectivity index (χ2v) is 6.08. The number of rotatable bonds is 7. The smallest absolute Gasteiger partial charge is 0.325 e. The summed E-state index contributed by atoms with van der Waals surface area (Å²) < 4.78 is 32.2. The van der Waals surface area contributed by atoms with Crippen molar-refractivity contribution in [2.75, 3.05) is 33.6 Å². The lowest BCUT2D eigenvalue weighted by molar-refractivity contribution is -0.0341. The molecule has 1 fully saturated rings. The zero-order valence-corrected chi connectivity index (χ0v) is 11.7. The summed E-state index contributed by atoms with van der Waals surface area (Å²) in [7, 11) is -0.353. The van der Waals surface area contributed by atoms with E-state index in [2.05, 4.69) is 0 Å². The SMILES string of the molecule is B[C@@H]1O[C@H](CO)C(O[P@@](C)(=O)O)C1OCCOC. The third kappa shape index (κ3) is 4.62. The molecule has 0 aromatic heterocycles. The molecule has 7 nitrogen and oxygen atoms in total. The molecular formula is C9H20BO7P. The Labute approximate surface area is 107 Å². The summed E-state index contributed by atoms with van der Waals surface area (Å²) in [6.45, 7) is 1.53. The first kappa shape index (κ1) is 16.1. The maximum Gasteiger partial charge on any atom is 0.325 e. The summed E-state index contributed by atoms with van der Waals surface area (Å²) in [6.07, 6.45) is -1.92. The van der Waals surface area contributed by atoms with Crippen molar-refractivity contribution in [3.63, 3.8) is 0 Å². The molecule has 2 unspecified atom stereocenters. The van der Waals surface area contributed by atoms with Crippen LogP contribution in [0.2, 0.25) is 0 Å². The monoisotopic (exact) mass is 282 g/mol. The zero-order valence-electron chi connectivity index (χ0n) is 10.8. The fraction of sp³-hybridized carbons (Fsp3) is 1.00. The lowest BCUT2D eigenvalue weighted by atomic mass is 9.93. The van der Waals surface area contributed by atoms with Gasteiger partial charge in [-0.2, -0.15) is 0 Å². The highest BCUT2D eigenvalue weighted by Gasteiger charge is 2.45. The van der Waals surface area contributed by atoms with Gasteiger partial charge in [0, 0.05) is 13.8 Å². The predicted molar refractivity (Wildman–Crippen MR) is 66.5 cm³/mol. The molecule has 1 aliphatic heterocycles. The average molecular weight is 282 g/mol. The molecule has 106 valence electrons. The fourth-order valence-electron chi connectivity index (χ4n) is 1.91. The van der Waals surface area contributed by atoms with E-state index in [-0.39, 0.29) is 12.6 Å². The van der Waals surface area contributed by atoms with Crippen LogP contribution in [-0.2, 0) is 23.3 Å². The van der Waals surface area contributed by atoms with Crippen LogP contribution < -0.4 is 0 Å². The Hall–Kier alpha value is 0.0549. The Kier molecular flexibility index (Phi) is 6.27. The Bertz CT molecular complexity index is 297. The van der Waals surface area contributed by atoms with E-state index in [1.807, 2.05) is 0 Å². The van der Waals surface area contributed by atoms with Crippen LogP contribution in [0.3, 0.4) is 0 Å². The van der Waals surface area contributed by atoms with Crippen molar-refractivity contribution >= 4 is 15.4 Å². The maximum atomic E-state index is 11.3. The van der Waals surface area contributed by atoms with Crippen molar-refractivity contribution in [2.45, 2.75) is 24.3 Å². The van der Waals surface area contributed by atoms with E-state index >= 15 is 0 Å². The highest BCUT2D eigenvalue weighted by Crippen LogP contribution is 2.42. The molecule has 2 N–H and O–H groups in total. The number of hydrogen-bond acceptors (Lipinski definition) is 6. The molecule has 0 bridgehead atoms. The zero-order chi connectivity index (χ0) is 13.8. The average Bonchev–Trinajstić information content (AvgIpc) is 2.54. The molecule has 0 amide bonds. The summed E-state index contributed by atoms with van der Waals surface area (Å²) >= 11 is 0. The fourth-order valence-corrected chi connectivity index (χ4v) is 2.62. The number of ether oxygens (including phenoxy) is 3. The first-order chi connectivity index (χ1) is 8.39. The van der Waals surface area contributed by atoms with Gasteiger partial charge in [0.25, 0.3) is 0 Å². The molecule has 0 saturated carbocycles. The van der Waals surface area contributed by atoms with Gasteiger partial charge in [0.05, 0.1) is 25.8 Å². The van der Waals surface area contributed by atoms with Gasteiger partial charge >= 0.3 is 7.60 Å². The van der Waals surface area contributed by atoms with E-state index in [0.717, 1.165) is 6.66 Å². The Morgan fingerprint density at radius 1 is 1.39 bits per heavy atom. The predicted octanol–water partition coefficient (Wildman–Crippen LogP) is -1.43. The quantitative estimate of drug-likeness (QED) is 0.336. The molecule has 1 rings (SSSR count). The molecule has 0 radical (unpaired) electrons. The van der Waals surface area contributed by atoms with Crippen LogP contribution in [0.4, 0.5) is 0 Å². The van der Waals surface area contributed by atoms with Gasteiger partial charge in [-0.25, -0.2) is 0 Å². The van der Waals surface area contributed by atoms with Crippen molar-refractivity contribution in [1.82, 2.24) is 0 Å². The van der Waals surface area contributed by atoms with Gasteiger partial charge in [-0.15, -0.1) is 0 Å². The molecule has 9 heteroatoms. The summed E-state index contributed by atoms with van der Waals surface area (Å²) in [6, 6.07) is -0.324. The van der Waals surface area contributed by atoms with Crippen LogP contribution in [0.1, 0.15) is 0 Å². The lowest BCUT2D eigenvalue weighted by Crippen LogP contribution is -2.38. The van der Waals surface area contributed by atoms with Gasteiger partial charge in [-0.1, -0.05) is 0 Å². The number of aliphatic hydroxyl groups is 1. The minimum absolute atomic E-state index is 0.293. The Morgan fingerprint density at radius 3 is 2.56 bits per heavy atom. The molecule has 0 aromatic rings. The van der Waals surface area contributed by atoms with Crippen molar-refractivity contribution in [1.29, 1.82) is 0 Å². The van der Waals surface area contributed by atoms with Crippen LogP contribution in [0.5, 0.6) is 0 Å². The van der Waals surface area contributed by atoms with Crippen LogP contribution in [0.15, 0.2) is 0 Å². The number of hydrogen-bond donors (Lipinski definition) is 2. The standard InChI is InChI=1S/C9H20BO7P/c1-14-3-4-15-8-7(17-18(2,12)13)6(5-11)16-9(8)10/h6-9,11H,3-5,10H2,1-2H3,(H,12,13)/t6-,7?,8?,9-/m1/s1. The largest absolute Gasteiger partial charge is 0.394 e. The first-order valence-corrected chi connectivity index (χ1v) is 7.77. The van der Waals surface area contributed by atoms with Crippen molar-refractivity contribution in [3.8, 4) is 0 Å². The van der Waals surface area contributed by atoms with Gasteiger partial charge in [-0.3, -0.25) is 9.09 Å². The highest BCUT2D eigenvalue weighted by atomic mass is 31.2. The normalized spacial score (nSPS) is 35.6. The second-order valence-electron chi connectivity index (χ2n) is 4.26. The van der Waals surface area contributed by atoms with Gasteiger partial charge in [-0.05, 0) is 0 Å². The van der Waals surface area contributed by atoms with Crippen molar-refractivity contribution in [2.24, 2.45) is 0 Å². The number of methoxy groups -OCH3 is 1. The van der Waals surface area contributed by atoms with Crippen molar-refractivity contribution in [3.05, 3.63) is 0 Å². The molecule has 0 aliphatic carbocycles. The molecular weight excluding hydrogens is 262 g/mol. The third-order valence-electron chi connectivity index (χ3n) is 2.64. The molecule has 5 atom stereocenters. The molecule has 1 aliphatic rings. The molecule has 0 spiro atoms. The van der Waals surface area contributed by atoms with Crippen LogP contribution in [0, 0.1) is 0 Å². The molecule has 1 heterocycles. The summed E-state index contributed by atoms with van der Waals surface area (Å²) in [5.74, 6) is 0. The minimum atomic E-state index is -3.67. The van der Waals surface area contributed by atoms with E-state index in [9.17, 15) is 14.6 Å². The Balaban J connectivity index is 2.67. The van der Waals surface area contributed by atoms with Crippen LogP contribution in [-0.4, -0.2) is 75.8 Å². The Morgan fingerprint density at radius 2 is 2.06 bits per heavy atom. The van der Waals surface area contributed by atoms with Gasteiger partial charge in [0.1, 0.15) is 26.2 Å². The van der Waals surface area contributed by atoms with Gasteiger partial charge < -0.3 is 24.2 Å². The van der Waals surface area contributed by atoms with E-state index in [1.54, 1.807) is 15.0 Å². The highest BCUT2D eigenvalue weighted by molar-refractivity contribution is 7.51. The minimum Gasteiger partial charge on any atom is -0.394 e. The maximum absolute atomic E-state index is 11.3. The lowest BCUT2D eigenvalue weighted by Gasteiger charge is -2.24.